The first-order valence-electron chi connectivity index (χ1n) is 15.0. The zero-order valence-corrected chi connectivity index (χ0v) is 26.9. The summed E-state index contributed by atoms with van der Waals surface area (Å²) in [7, 11) is 3.18. The monoisotopic (exact) mass is 653 g/mol. The number of fused-ring (bicyclic) bond motifs is 2. The lowest BCUT2D eigenvalue weighted by Gasteiger charge is -2.46. The van der Waals surface area contributed by atoms with Gasteiger partial charge in [-0.3, -0.25) is 9.59 Å². The van der Waals surface area contributed by atoms with Gasteiger partial charge in [-0.2, -0.15) is 5.01 Å². The number of para-hydroxylation sites is 1. The number of rotatable bonds is 10. The molecular formula is C34H35N7O5S. The van der Waals surface area contributed by atoms with Crippen molar-refractivity contribution in [3.05, 3.63) is 83.4 Å². The second-order valence-corrected chi connectivity index (χ2v) is 12.3. The van der Waals surface area contributed by atoms with Crippen molar-refractivity contribution in [2.75, 3.05) is 39.6 Å². The van der Waals surface area contributed by atoms with Gasteiger partial charge >= 0.3 is 6.03 Å². The number of aromatic nitrogens is 1. The van der Waals surface area contributed by atoms with Crippen molar-refractivity contribution in [2.24, 2.45) is 0 Å². The number of nitrogens with two attached hydrogens (primary N) is 1. The van der Waals surface area contributed by atoms with Crippen molar-refractivity contribution in [2.45, 2.75) is 31.7 Å². The number of hydrogen-bond donors (Lipinski definition) is 2. The van der Waals surface area contributed by atoms with Gasteiger partial charge in [-0.1, -0.05) is 53.7 Å². The molecule has 4 amide bonds. The number of nitrogen functional groups attached to an aromatic ring is 1. The van der Waals surface area contributed by atoms with E-state index in [1.54, 1.807) is 29.0 Å². The molecule has 3 N–H and O–H groups in total. The fourth-order valence-corrected chi connectivity index (χ4v) is 6.89. The second kappa shape index (κ2) is 13.6. The largest absolute Gasteiger partial charge is 0.497 e. The van der Waals surface area contributed by atoms with E-state index >= 15 is 0 Å². The Labute approximate surface area is 276 Å². The minimum atomic E-state index is -0.811. The molecule has 0 unspecified atom stereocenters. The maximum atomic E-state index is 14.2. The molecule has 1 aromatic heterocycles. The third-order valence-corrected chi connectivity index (χ3v) is 9.27. The standard InChI is InChI=1S/C34H35N7O5S/c1-4-16-39(34(44)36-18-23-10-14-26(46-3)15-11-23)40-21-30(42)41-27(17-22-8-12-25(45-2)13-9-22)32(43)38(20-29(40)41)19-24-6-5-7-28-31(24)37-33(35)47-28/h1,5-15,27,29H,16-21H2,2-3H3,(H2,35,37)(H,36,44)/t27-,29+/m0/s1. The highest BCUT2D eigenvalue weighted by Crippen LogP contribution is 2.32. The van der Waals surface area contributed by atoms with E-state index in [0.717, 1.165) is 26.9 Å². The van der Waals surface area contributed by atoms with Crippen LogP contribution in [0, 0.1) is 12.3 Å². The number of hydrazine groups is 1. The molecule has 0 aliphatic carbocycles. The fourth-order valence-electron chi connectivity index (χ4n) is 6.11. The molecule has 6 rings (SSSR count). The van der Waals surface area contributed by atoms with Gasteiger partial charge in [-0.05, 0) is 47.0 Å². The van der Waals surface area contributed by atoms with E-state index in [9.17, 15) is 14.4 Å². The van der Waals surface area contributed by atoms with Crippen molar-refractivity contribution in [1.29, 1.82) is 0 Å². The third-order valence-electron chi connectivity index (χ3n) is 8.42. The quantitative estimate of drug-likeness (QED) is 0.250. The average molecular weight is 654 g/mol. The van der Waals surface area contributed by atoms with E-state index in [1.807, 2.05) is 66.7 Å². The maximum absolute atomic E-state index is 14.2. The number of piperazine rings is 1. The van der Waals surface area contributed by atoms with Gasteiger partial charge in [0.15, 0.2) is 5.13 Å². The molecule has 2 saturated heterocycles. The molecule has 47 heavy (non-hydrogen) atoms. The summed E-state index contributed by atoms with van der Waals surface area (Å²) in [5.74, 6) is 3.50. The number of thiazole rings is 1. The maximum Gasteiger partial charge on any atom is 0.333 e. The molecule has 242 valence electrons. The number of urea groups is 1. The van der Waals surface area contributed by atoms with E-state index in [-0.39, 0.29) is 51.0 Å². The van der Waals surface area contributed by atoms with Crippen LogP contribution in [0.1, 0.15) is 16.7 Å². The predicted octanol–water partition coefficient (Wildman–Crippen LogP) is 3.08. The SMILES string of the molecule is C#CCN(C(=O)NCc1ccc(OC)cc1)N1CC(=O)N2[C@@H](Cc3ccc(OC)cc3)C(=O)N(Cc3cccc4sc(N)nc34)C[C@@H]21. The Morgan fingerprint density at radius 2 is 1.74 bits per heavy atom. The van der Waals surface area contributed by atoms with E-state index in [1.165, 1.54) is 16.3 Å². The topological polar surface area (TPSA) is 134 Å². The number of benzene rings is 3. The van der Waals surface area contributed by atoms with E-state index in [2.05, 4.69) is 16.2 Å². The van der Waals surface area contributed by atoms with Crippen molar-refractivity contribution < 1.29 is 23.9 Å². The smallest absolute Gasteiger partial charge is 0.333 e. The normalized spacial score (nSPS) is 17.8. The molecule has 0 bridgehead atoms. The Morgan fingerprint density at radius 1 is 1.06 bits per heavy atom. The van der Waals surface area contributed by atoms with E-state index < -0.39 is 18.2 Å². The lowest BCUT2D eigenvalue weighted by molar-refractivity contribution is -0.157. The lowest BCUT2D eigenvalue weighted by atomic mass is 9.99. The number of nitrogens with zero attached hydrogens (tertiary/aromatic N) is 5. The first-order chi connectivity index (χ1) is 22.8. The van der Waals surface area contributed by atoms with Gasteiger partial charge in [0.1, 0.15) is 23.7 Å². The molecule has 2 atom stereocenters. The van der Waals surface area contributed by atoms with Crippen molar-refractivity contribution >= 4 is 44.5 Å². The zero-order chi connectivity index (χ0) is 33.1. The summed E-state index contributed by atoms with van der Waals surface area (Å²) in [5.41, 5.74) is 9.33. The molecule has 13 heteroatoms. The van der Waals surface area contributed by atoms with Gasteiger partial charge in [0.2, 0.25) is 11.8 Å². The first-order valence-corrected chi connectivity index (χ1v) is 15.9. The number of hydrogen-bond acceptors (Lipinski definition) is 9. The molecule has 2 aliphatic rings. The molecule has 0 saturated carbocycles. The zero-order valence-electron chi connectivity index (χ0n) is 26.1. The van der Waals surface area contributed by atoms with Crippen molar-refractivity contribution in [3.63, 3.8) is 0 Å². The highest BCUT2D eigenvalue weighted by atomic mass is 32.1. The second-order valence-electron chi connectivity index (χ2n) is 11.3. The number of carbonyl (C=O) groups is 3. The lowest BCUT2D eigenvalue weighted by Crippen LogP contribution is -2.66. The number of terminal acetylenes is 1. The highest BCUT2D eigenvalue weighted by molar-refractivity contribution is 7.22. The van der Waals surface area contributed by atoms with Crippen LogP contribution in [0.5, 0.6) is 11.5 Å². The Balaban J connectivity index is 1.30. The summed E-state index contributed by atoms with van der Waals surface area (Å²) in [6, 6.07) is 19.3. The molecule has 0 radical (unpaired) electrons. The summed E-state index contributed by atoms with van der Waals surface area (Å²) < 4.78 is 11.5. The van der Waals surface area contributed by atoms with Gasteiger partial charge in [0.05, 0.1) is 44.1 Å². The van der Waals surface area contributed by atoms with Crippen LogP contribution < -0.4 is 20.5 Å². The Morgan fingerprint density at radius 3 is 2.40 bits per heavy atom. The highest BCUT2D eigenvalue weighted by Gasteiger charge is 2.52. The molecule has 3 aromatic carbocycles. The molecule has 2 fully saturated rings. The Kier molecular flexibility index (Phi) is 9.15. The number of anilines is 1. The van der Waals surface area contributed by atoms with Gasteiger partial charge in [0.25, 0.3) is 0 Å². The predicted molar refractivity (Wildman–Crippen MR) is 178 cm³/mol. The van der Waals surface area contributed by atoms with Crippen LogP contribution in [0.3, 0.4) is 0 Å². The Bertz CT molecular complexity index is 1820. The number of methoxy groups -OCH3 is 2. The summed E-state index contributed by atoms with van der Waals surface area (Å²) in [5, 5.41) is 6.42. The van der Waals surface area contributed by atoms with Gasteiger partial charge in [-0.15, -0.1) is 6.42 Å². The minimum Gasteiger partial charge on any atom is -0.497 e. The van der Waals surface area contributed by atoms with Crippen LogP contribution in [0.15, 0.2) is 66.7 Å². The van der Waals surface area contributed by atoms with Crippen molar-refractivity contribution in [1.82, 2.24) is 30.1 Å². The Hall–Kier alpha value is -5.32. The summed E-state index contributed by atoms with van der Waals surface area (Å²) >= 11 is 1.38. The van der Waals surface area contributed by atoms with Gasteiger partial charge < -0.3 is 30.3 Å². The van der Waals surface area contributed by atoms with Crippen LogP contribution in [0.25, 0.3) is 10.2 Å². The van der Waals surface area contributed by atoms with Gasteiger partial charge in [-0.25, -0.2) is 14.8 Å². The number of nitrogens with one attached hydrogen (secondary N) is 1. The van der Waals surface area contributed by atoms with Gasteiger partial charge in [0, 0.05) is 19.5 Å². The van der Waals surface area contributed by atoms with Crippen LogP contribution in [-0.2, 0) is 29.1 Å². The van der Waals surface area contributed by atoms with E-state index in [4.69, 9.17) is 21.6 Å². The first kappa shape index (κ1) is 31.7. The number of amides is 4. The molecule has 3 heterocycles. The average Bonchev–Trinajstić information content (AvgIpc) is 3.63. The van der Waals surface area contributed by atoms with Crippen molar-refractivity contribution in [3.8, 4) is 23.8 Å². The summed E-state index contributed by atoms with van der Waals surface area (Å²) in [6.45, 7) is 0.475. The van der Waals surface area contributed by atoms with Crippen LogP contribution >= 0.6 is 11.3 Å². The molecule has 0 spiro atoms. The fraction of sp³-hybridized carbons (Fsp3) is 0.294. The van der Waals surface area contributed by atoms with Crippen LogP contribution in [0.4, 0.5) is 9.93 Å². The molecular weight excluding hydrogens is 618 g/mol. The minimum absolute atomic E-state index is 0.0689. The molecule has 12 nitrogen and oxygen atoms in total. The molecule has 2 aliphatic heterocycles. The van der Waals surface area contributed by atoms with Crippen LogP contribution in [0.2, 0.25) is 0 Å². The summed E-state index contributed by atoms with van der Waals surface area (Å²) in [6.07, 6.45) is 5.38. The summed E-state index contributed by atoms with van der Waals surface area (Å²) in [4.78, 5) is 49.4. The third kappa shape index (κ3) is 6.51. The molecule has 4 aromatic rings. The van der Waals surface area contributed by atoms with Crippen LogP contribution in [-0.4, -0.2) is 88.7 Å². The number of ether oxygens (including phenoxy) is 2. The van der Waals surface area contributed by atoms with E-state index in [0.29, 0.717) is 16.6 Å². The number of carbonyl (C=O) groups excluding carboxylic acids is 3.